The van der Waals surface area contributed by atoms with Crippen LogP contribution in [0.25, 0.3) is 0 Å². The van der Waals surface area contributed by atoms with Gasteiger partial charge in [0.2, 0.25) is 0 Å². The first-order valence-corrected chi connectivity index (χ1v) is 8.52. The van der Waals surface area contributed by atoms with Gasteiger partial charge < -0.3 is 0 Å². The summed E-state index contributed by atoms with van der Waals surface area (Å²) >= 11 is 0. The maximum Gasteiger partial charge on any atom is 0.417 e. The molecule has 1 heterocycles. The van der Waals surface area contributed by atoms with Crippen molar-refractivity contribution in [1.29, 1.82) is 0 Å². The van der Waals surface area contributed by atoms with Crippen LogP contribution in [0, 0.1) is 10.1 Å². The van der Waals surface area contributed by atoms with Crippen LogP contribution in [0.1, 0.15) is 11.1 Å². The molecule has 1 aliphatic heterocycles. The van der Waals surface area contributed by atoms with Crippen molar-refractivity contribution in [3.8, 4) is 0 Å². The number of nitro benzene ring substituents is 1. The summed E-state index contributed by atoms with van der Waals surface area (Å²) in [6, 6.07) is 7.59. The second-order valence-corrected chi connectivity index (χ2v) is 7.22. The molecule has 0 saturated heterocycles. The summed E-state index contributed by atoms with van der Waals surface area (Å²) < 4.78 is 65.9. The second kappa shape index (κ2) is 5.73. The van der Waals surface area contributed by atoms with Gasteiger partial charge in [0.25, 0.3) is 15.7 Å². The summed E-state index contributed by atoms with van der Waals surface area (Å²) in [6.45, 7) is -0.0783. The normalized spacial score (nSPS) is 14.4. The van der Waals surface area contributed by atoms with Gasteiger partial charge in [0.15, 0.2) is 0 Å². The fourth-order valence-electron chi connectivity index (χ4n) is 2.75. The molecule has 6 nitrogen and oxygen atoms in total. The third-order valence-corrected chi connectivity index (χ3v) is 5.76. The van der Waals surface area contributed by atoms with Crippen molar-refractivity contribution < 1.29 is 26.5 Å². The lowest BCUT2D eigenvalue weighted by molar-refractivity contribution is -0.384. The highest BCUT2D eigenvalue weighted by Crippen LogP contribution is 2.39. The zero-order valence-electron chi connectivity index (χ0n) is 12.5. The Bertz CT molecular complexity index is 957. The van der Waals surface area contributed by atoms with Crippen LogP contribution in [-0.4, -0.2) is 19.9 Å². The van der Waals surface area contributed by atoms with E-state index in [0.717, 1.165) is 22.5 Å². The molecule has 0 saturated carbocycles. The number of benzene rings is 2. The molecule has 132 valence electrons. The number of fused-ring (bicyclic) bond motifs is 1. The molecule has 0 amide bonds. The van der Waals surface area contributed by atoms with Crippen LogP contribution in [0.3, 0.4) is 0 Å². The zero-order valence-corrected chi connectivity index (χ0v) is 13.3. The molecular formula is C15H11F3N2O4S. The topological polar surface area (TPSA) is 80.5 Å². The predicted molar refractivity (Wildman–Crippen MR) is 82.8 cm³/mol. The van der Waals surface area contributed by atoms with Gasteiger partial charge in [-0.25, -0.2) is 8.42 Å². The van der Waals surface area contributed by atoms with Crippen LogP contribution in [-0.2, 0) is 22.6 Å². The number of non-ortho nitro benzene ring substituents is 1. The Balaban J connectivity index is 2.14. The summed E-state index contributed by atoms with van der Waals surface area (Å²) in [5.74, 6) is 0. The first kappa shape index (κ1) is 17.2. The first-order valence-electron chi connectivity index (χ1n) is 7.08. The third-order valence-electron chi connectivity index (χ3n) is 3.89. The molecule has 0 unspecified atom stereocenters. The molecule has 0 spiro atoms. The van der Waals surface area contributed by atoms with Crippen molar-refractivity contribution in [2.24, 2.45) is 0 Å². The van der Waals surface area contributed by atoms with E-state index in [4.69, 9.17) is 0 Å². The van der Waals surface area contributed by atoms with Crippen molar-refractivity contribution in [2.75, 3.05) is 10.8 Å². The molecule has 0 aliphatic carbocycles. The van der Waals surface area contributed by atoms with Gasteiger partial charge >= 0.3 is 6.18 Å². The highest BCUT2D eigenvalue weighted by atomic mass is 32.2. The zero-order chi connectivity index (χ0) is 18.4. The Kier molecular flexibility index (Phi) is 3.94. The number of nitrogens with zero attached hydrogens (tertiary/aromatic N) is 2. The van der Waals surface area contributed by atoms with Gasteiger partial charge in [-0.05, 0) is 24.1 Å². The van der Waals surface area contributed by atoms with Gasteiger partial charge in [0, 0.05) is 18.7 Å². The van der Waals surface area contributed by atoms with E-state index in [1.165, 1.54) is 18.2 Å². The molecule has 25 heavy (non-hydrogen) atoms. The maximum atomic E-state index is 13.2. The second-order valence-electron chi connectivity index (χ2n) is 5.39. The van der Waals surface area contributed by atoms with E-state index < -0.39 is 31.6 Å². The van der Waals surface area contributed by atoms with Gasteiger partial charge in [0.05, 0.1) is 21.1 Å². The molecule has 0 radical (unpaired) electrons. The summed E-state index contributed by atoms with van der Waals surface area (Å²) in [6.07, 6.45) is -4.57. The summed E-state index contributed by atoms with van der Waals surface area (Å²) in [5, 5.41) is 10.9. The number of anilines is 1. The Hall–Kier alpha value is -2.62. The molecule has 0 fully saturated rings. The van der Waals surface area contributed by atoms with E-state index in [-0.39, 0.29) is 24.3 Å². The van der Waals surface area contributed by atoms with Crippen molar-refractivity contribution in [3.63, 3.8) is 0 Å². The molecule has 0 N–H and O–H groups in total. The van der Waals surface area contributed by atoms with Crippen LogP contribution in [0.5, 0.6) is 0 Å². The lowest BCUT2D eigenvalue weighted by atomic mass is 10.1. The van der Waals surface area contributed by atoms with Gasteiger partial charge in [-0.1, -0.05) is 18.2 Å². The van der Waals surface area contributed by atoms with E-state index in [2.05, 4.69) is 0 Å². The quantitative estimate of drug-likeness (QED) is 0.611. The lowest BCUT2D eigenvalue weighted by Crippen LogP contribution is -2.31. The van der Waals surface area contributed by atoms with Crippen LogP contribution < -0.4 is 4.31 Å². The summed E-state index contributed by atoms with van der Waals surface area (Å²) in [4.78, 5) is 9.34. The number of rotatable bonds is 3. The standard InChI is InChI=1S/C15H11F3N2O4S/c16-15(17,18)12-3-1-2-4-14(12)25(23,24)19-8-7-10-5-6-11(20(21)22)9-13(10)19/h1-6,9H,7-8H2. The molecule has 2 aromatic carbocycles. The van der Waals surface area contributed by atoms with Crippen molar-refractivity contribution in [3.05, 3.63) is 63.7 Å². The van der Waals surface area contributed by atoms with E-state index >= 15 is 0 Å². The minimum Gasteiger partial charge on any atom is -0.265 e. The smallest absolute Gasteiger partial charge is 0.265 e. The highest BCUT2D eigenvalue weighted by Gasteiger charge is 2.40. The van der Waals surface area contributed by atoms with Gasteiger partial charge in [-0.15, -0.1) is 0 Å². The van der Waals surface area contributed by atoms with Crippen LogP contribution >= 0.6 is 0 Å². The number of nitro groups is 1. The van der Waals surface area contributed by atoms with Gasteiger partial charge in [0.1, 0.15) is 0 Å². The van der Waals surface area contributed by atoms with E-state index in [0.29, 0.717) is 11.6 Å². The van der Waals surface area contributed by atoms with Crippen molar-refractivity contribution in [1.82, 2.24) is 0 Å². The third kappa shape index (κ3) is 2.93. The van der Waals surface area contributed by atoms with Crippen LogP contribution in [0.4, 0.5) is 24.5 Å². The van der Waals surface area contributed by atoms with Crippen LogP contribution in [0.15, 0.2) is 47.4 Å². The minimum absolute atomic E-state index is 0.0335. The van der Waals surface area contributed by atoms with E-state index in [1.54, 1.807) is 0 Å². The van der Waals surface area contributed by atoms with Gasteiger partial charge in [-0.3, -0.25) is 14.4 Å². The number of halogens is 3. The predicted octanol–water partition coefficient (Wildman–Crippen LogP) is 3.37. The monoisotopic (exact) mass is 372 g/mol. The number of alkyl halides is 3. The lowest BCUT2D eigenvalue weighted by Gasteiger charge is -2.22. The van der Waals surface area contributed by atoms with E-state index in [9.17, 15) is 31.7 Å². The Labute approximate surface area is 140 Å². The summed E-state index contributed by atoms with van der Waals surface area (Å²) in [7, 11) is -4.52. The largest absolute Gasteiger partial charge is 0.417 e. The Morgan fingerprint density at radius 2 is 1.80 bits per heavy atom. The number of sulfonamides is 1. The van der Waals surface area contributed by atoms with Crippen LogP contribution in [0.2, 0.25) is 0 Å². The molecule has 0 atom stereocenters. The molecule has 3 rings (SSSR count). The van der Waals surface area contributed by atoms with Gasteiger partial charge in [-0.2, -0.15) is 13.2 Å². The molecule has 2 aromatic rings. The fraction of sp³-hybridized carbons (Fsp3) is 0.200. The SMILES string of the molecule is O=[N+]([O-])c1ccc2c(c1)N(S(=O)(=O)c1ccccc1C(F)(F)F)CC2. The average molecular weight is 372 g/mol. The molecule has 0 aromatic heterocycles. The molecule has 0 bridgehead atoms. The molecular weight excluding hydrogens is 361 g/mol. The first-order chi connectivity index (χ1) is 11.6. The molecule has 1 aliphatic rings. The average Bonchev–Trinajstić information content (AvgIpc) is 2.97. The van der Waals surface area contributed by atoms with E-state index in [1.807, 2.05) is 0 Å². The fourth-order valence-corrected chi connectivity index (χ4v) is 4.46. The minimum atomic E-state index is -4.84. The molecule has 10 heteroatoms. The Morgan fingerprint density at radius 1 is 1.12 bits per heavy atom. The Morgan fingerprint density at radius 3 is 2.44 bits per heavy atom. The van der Waals surface area contributed by atoms with Crippen molar-refractivity contribution >= 4 is 21.4 Å². The highest BCUT2D eigenvalue weighted by molar-refractivity contribution is 7.93. The maximum absolute atomic E-state index is 13.2. The number of hydrogen-bond donors (Lipinski definition) is 0. The number of hydrogen-bond acceptors (Lipinski definition) is 4. The summed E-state index contributed by atoms with van der Waals surface area (Å²) in [5.41, 5.74) is -1.04. The van der Waals surface area contributed by atoms with Crippen molar-refractivity contribution in [2.45, 2.75) is 17.5 Å².